The van der Waals surface area contributed by atoms with Crippen molar-refractivity contribution in [1.29, 1.82) is 0 Å². The number of thiazole rings is 1. The van der Waals surface area contributed by atoms with Gasteiger partial charge in [-0.2, -0.15) is 13.2 Å². The molecule has 0 saturated carbocycles. The van der Waals surface area contributed by atoms with Gasteiger partial charge in [-0.25, -0.2) is 4.98 Å². The number of rotatable bonds is 4. The van der Waals surface area contributed by atoms with Crippen molar-refractivity contribution in [3.63, 3.8) is 0 Å². The van der Waals surface area contributed by atoms with E-state index in [1.165, 1.54) is 23.5 Å². The molecule has 0 N–H and O–H groups in total. The van der Waals surface area contributed by atoms with E-state index >= 15 is 0 Å². The maximum Gasteiger partial charge on any atom is 0.416 e. The zero-order valence-corrected chi connectivity index (χ0v) is 12.7. The molecule has 0 saturated heterocycles. The Balaban J connectivity index is 1.66. The second-order valence-corrected chi connectivity index (χ2v) is 6.13. The molecule has 23 heavy (non-hydrogen) atoms. The van der Waals surface area contributed by atoms with Crippen LogP contribution in [0.2, 0.25) is 0 Å². The average molecular weight is 335 g/mol. The number of alkyl halides is 3. The molecule has 3 rings (SSSR count). The highest BCUT2D eigenvalue weighted by molar-refractivity contribution is 7.16. The van der Waals surface area contributed by atoms with Crippen LogP contribution in [0.1, 0.15) is 16.7 Å². The molecule has 0 spiro atoms. The molecule has 1 heterocycles. The number of Topliss-reactive ketones (excluding diaryl/α,β-unsaturated/α-hetero) is 1. The fraction of sp³-hybridized carbons (Fsp3) is 0.176. The molecule has 3 aromatic rings. The number of halogens is 3. The SMILES string of the molecule is O=C(Cc1ccc(C(F)(F)F)cc1)Cc1ccc2ncsc2c1. The van der Waals surface area contributed by atoms with Crippen molar-refractivity contribution in [3.8, 4) is 0 Å². The van der Waals surface area contributed by atoms with Crippen LogP contribution < -0.4 is 0 Å². The van der Waals surface area contributed by atoms with Crippen molar-refractivity contribution in [1.82, 2.24) is 4.98 Å². The van der Waals surface area contributed by atoms with Crippen LogP contribution >= 0.6 is 11.3 Å². The third-order valence-electron chi connectivity index (χ3n) is 3.48. The van der Waals surface area contributed by atoms with Gasteiger partial charge in [0.1, 0.15) is 5.78 Å². The fourth-order valence-corrected chi connectivity index (χ4v) is 3.08. The number of benzene rings is 2. The van der Waals surface area contributed by atoms with Gasteiger partial charge in [0.25, 0.3) is 0 Å². The summed E-state index contributed by atoms with van der Waals surface area (Å²) in [4.78, 5) is 16.3. The van der Waals surface area contributed by atoms with E-state index in [9.17, 15) is 18.0 Å². The highest BCUT2D eigenvalue weighted by Gasteiger charge is 2.29. The summed E-state index contributed by atoms with van der Waals surface area (Å²) in [5, 5.41) is 0. The van der Waals surface area contributed by atoms with Gasteiger partial charge in [0.2, 0.25) is 0 Å². The summed E-state index contributed by atoms with van der Waals surface area (Å²) in [6, 6.07) is 10.4. The molecule has 0 aliphatic carbocycles. The number of carbonyl (C=O) groups excluding carboxylic acids is 1. The number of fused-ring (bicyclic) bond motifs is 1. The van der Waals surface area contributed by atoms with Crippen LogP contribution in [-0.4, -0.2) is 10.8 Å². The summed E-state index contributed by atoms with van der Waals surface area (Å²) in [5.41, 5.74) is 3.41. The lowest BCUT2D eigenvalue weighted by Crippen LogP contribution is -2.08. The summed E-state index contributed by atoms with van der Waals surface area (Å²) in [6.45, 7) is 0. The molecule has 0 amide bonds. The largest absolute Gasteiger partial charge is 0.416 e. The first-order valence-electron chi connectivity index (χ1n) is 6.92. The molecule has 0 fully saturated rings. The Morgan fingerprint density at radius 3 is 2.35 bits per heavy atom. The van der Waals surface area contributed by atoms with Crippen molar-refractivity contribution in [2.24, 2.45) is 0 Å². The minimum atomic E-state index is -4.35. The lowest BCUT2D eigenvalue weighted by molar-refractivity contribution is -0.137. The van der Waals surface area contributed by atoms with E-state index in [0.29, 0.717) is 5.56 Å². The molecule has 0 aliphatic rings. The second kappa shape index (κ2) is 6.12. The van der Waals surface area contributed by atoms with Gasteiger partial charge in [0.05, 0.1) is 21.3 Å². The van der Waals surface area contributed by atoms with Crippen molar-refractivity contribution >= 4 is 27.3 Å². The van der Waals surface area contributed by atoms with E-state index in [4.69, 9.17) is 0 Å². The minimum Gasteiger partial charge on any atom is -0.299 e. The Bertz CT molecular complexity index is 837. The Hall–Kier alpha value is -2.21. The van der Waals surface area contributed by atoms with Crippen LogP contribution in [0.25, 0.3) is 10.2 Å². The maximum atomic E-state index is 12.5. The molecule has 2 nitrogen and oxygen atoms in total. The Morgan fingerprint density at radius 2 is 1.65 bits per heavy atom. The number of carbonyl (C=O) groups is 1. The van der Waals surface area contributed by atoms with E-state index in [-0.39, 0.29) is 18.6 Å². The lowest BCUT2D eigenvalue weighted by atomic mass is 10.0. The molecule has 0 atom stereocenters. The Morgan fingerprint density at radius 1 is 1.00 bits per heavy atom. The van der Waals surface area contributed by atoms with E-state index in [0.717, 1.165) is 27.9 Å². The van der Waals surface area contributed by atoms with Gasteiger partial charge in [-0.15, -0.1) is 11.3 Å². The highest BCUT2D eigenvalue weighted by Crippen LogP contribution is 2.29. The number of ketones is 1. The van der Waals surface area contributed by atoms with Gasteiger partial charge in [0, 0.05) is 12.8 Å². The monoisotopic (exact) mass is 335 g/mol. The molecule has 0 aliphatic heterocycles. The third kappa shape index (κ3) is 3.76. The first-order chi connectivity index (χ1) is 10.9. The second-order valence-electron chi connectivity index (χ2n) is 5.24. The van der Waals surface area contributed by atoms with E-state index in [1.807, 2.05) is 18.2 Å². The molecule has 0 bridgehead atoms. The van der Waals surface area contributed by atoms with Crippen LogP contribution in [0, 0.1) is 0 Å². The quantitative estimate of drug-likeness (QED) is 0.693. The molecule has 2 aromatic carbocycles. The normalized spacial score (nSPS) is 11.8. The molecule has 0 unspecified atom stereocenters. The van der Waals surface area contributed by atoms with Crippen molar-refractivity contribution in [2.45, 2.75) is 19.0 Å². The number of aromatic nitrogens is 1. The van der Waals surface area contributed by atoms with Gasteiger partial charge in [-0.05, 0) is 35.4 Å². The van der Waals surface area contributed by atoms with Crippen molar-refractivity contribution in [3.05, 3.63) is 64.7 Å². The standard InChI is InChI=1S/C17H12F3NOS/c18-17(19,20)13-4-1-11(2-5-13)7-14(22)8-12-3-6-15-16(9-12)23-10-21-15/h1-6,9-10H,7-8H2. The first-order valence-corrected chi connectivity index (χ1v) is 7.80. The zero-order valence-electron chi connectivity index (χ0n) is 11.9. The Kier molecular flexibility index (Phi) is 4.17. The molecule has 118 valence electrons. The summed E-state index contributed by atoms with van der Waals surface area (Å²) < 4.78 is 38.5. The predicted molar refractivity (Wildman–Crippen MR) is 83.5 cm³/mol. The minimum absolute atomic E-state index is 0.0337. The summed E-state index contributed by atoms with van der Waals surface area (Å²) in [7, 11) is 0. The maximum absolute atomic E-state index is 12.5. The summed E-state index contributed by atoms with van der Waals surface area (Å²) in [6.07, 6.45) is -3.97. The van der Waals surface area contributed by atoms with Gasteiger partial charge in [-0.1, -0.05) is 18.2 Å². The van der Waals surface area contributed by atoms with Gasteiger partial charge in [0.15, 0.2) is 0 Å². The molecule has 0 radical (unpaired) electrons. The lowest BCUT2D eigenvalue weighted by Gasteiger charge is -2.07. The topological polar surface area (TPSA) is 30.0 Å². The van der Waals surface area contributed by atoms with Crippen LogP contribution in [0.15, 0.2) is 48.0 Å². The zero-order chi connectivity index (χ0) is 16.4. The summed E-state index contributed by atoms with van der Waals surface area (Å²) >= 11 is 1.51. The average Bonchev–Trinajstić information content (AvgIpc) is 2.94. The summed E-state index contributed by atoms with van der Waals surface area (Å²) in [5.74, 6) is -0.0337. The predicted octanol–water partition coefficient (Wildman–Crippen LogP) is 4.67. The van der Waals surface area contributed by atoms with E-state index < -0.39 is 11.7 Å². The molecule has 1 aromatic heterocycles. The van der Waals surface area contributed by atoms with Gasteiger partial charge < -0.3 is 0 Å². The van der Waals surface area contributed by atoms with E-state index in [1.54, 1.807) is 5.51 Å². The van der Waals surface area contributed by atoms with Crippen LogP contribution in [-0.2, 0) is 23.8 Å². The van der Waals surface area contributed by atoms with Crippen LogP contribution in [0.5, 0.6) is 0 Å². The van der Waals surface area contributed by atoms with Crippen LogP contribution in [0.4, 0.5) is 13.2 Å². The molecular weight excluding hydrogens is 323 g/mol. The van der Waals surface area contributed by atoms with Crippen LogP contribution in [0.3, 0.4) is 0 Å². The Labute approximate surface area is 134 Å². The van der Waals surface area contributed by atoms with Gasteiger partial charge in [-0.3, -0.25) is 4.79 Å². The smallest absolute Gasteiger partial charge is 0.299 e. The molecular formula is C17H12F3NOS. The number of nitrogens with zero attached hydrogens (tertiary/aromatic N) is 1. The highest BCUT2D eigenvalue weighted by atomic mass is 32.1. The fourth-order valence-electron chi connectivity index (χ4n) is 2.34. The van der Waals surface area contributed by atoms with E-state index in [2.05, 4.69) is 4.98 Å². The first kappa shape index (κ1) is 15.7. The number of hydrogen-bond acceptors (Lipinski definition) is 3. The van der Waals surface area contributed by atoms with Crippen molar-refractivity contribution in [2.75, 3.05) is 0 Å². The third-order valence-corrected chi connectivity index (χ3v) is 4.27. The number of hydrogen-bond donors (Lipinski definition) is 0. The van der Waals surface area contributed by atoms with Crippen molar-refractivity contribution < 1.29 is 18.0 Å². The molecule has 6 heteroatoms. The van der Waals surface area contributed by atoms with Gasteiger partial charge >= 0.3 is 6.18 Å².